The summed E-state index contributed by atoms with van der Waals surface area (Å²) in [6, 6.07) is 18.9. The molecule has 2 aromatic rings. The van der Waals surface area contributed by atoms with Crippen LogP contribution in [0.25, 0.3) is 0 Å². The van der Waals surface area contributed by atoms with Gasteiger partial charge in [-0.3, -0.25) is 0 Å². The normalized spacial score (nSPS) is 11.2. The number of hydrogen-bond acceptors (Lipinski definition) is 1. The van der Waals surface area contributed by atoms with Gasteiger partial charge in [0.15, 0.2) is 0 Å². The van der Waals surface area contributed by atoms with Crippen LogP contribution in [-0.2, 0) is 17.3 Å². The van der Waals surface area contributed by atoms with E-state index in [1.165, 1.54) is 5.56 Å². The molecule has 1 atom stereocenters. The molecule has 0 bridgehead atoms. The standard InChI is InChI=1S/C15H13ClN.CH3.ClH.Ru/c1-12(14-5-3-2-4-6-14)17-11-13-7-9-15(16)10-8-13;;;/h2-7,9-12H,1H3;1H3;1H;/q2*-1;;+3/p-1. The van der Waals surface area contributed by atoms with Crippen LogP contribution in [0.2, 0.25) is 5.02 Å². The summed E-state index contributed by atoms with van der Waals surface area (Å²) in [5.41, 5.74) is 2.15. The van der Waals surface area contributed by atoms with Crippen molar-refractivity contribution in [1.82, 2.24) is 0 Å². The zero-order valence-corrected chi connectivity index (χ0v) is 14.6. The molecule has 0 saturated heterocycles. The van der Waals surface area contributed by atoms with Crippen molar-refractivity contribution < 1.29 is 17.3 Å². The van der Waals surface area contributed by atoms with E-state index in [0.29, 0.717) is 5.02 Å². The second-order valence-corrected chi connectivity index (χ2v) is 4.26. The molecule has 0 N–H and O–H groups in total. The second kappa shape index (κ2) is 11.0. The molecule has 0 amide bonds. The van der Waals surface area contributed by atoms with E-state index in [4.69, 9.17) is 11.6 Å². The van der Waals surface area contributed by atoms with E-state index in [1.54, 1.807) is 6.07 Å². The molecule has 107 valence electrons. The fourth-order valence-electron chi connectivity index (χ4n) is 1.51. The van der Waals surface area contributed by atoms with Gasteiger partial charge in [-0.05, 0) is 17.5 Å². The zero-order chi connectivity index (χ0) is 14.1. The summed E-state index contributed by atoms with van der Waals surface area (Å²) in [4.78, 5) is 4.49. The van der Waals surface area contributed by atoms with Crippen LogP contribution in [0, 0.1) is 13.5 Å². The van der Waals surface area contributed by atoms with Gasteiger partial charge in [-0.1, -0.05) is 36.5 Å². The molecule has 0 heterocycles. The molecule has 0 saturated carbocycles. The summed E-state index contributed by atoms with van der Waals surface area (Å²) in [5, 5.41) is 0.693. The molecule has 0 aliphatic heterocycles. The summed E-state index contributed by atoms with van der Waals surface area (Å²) in [5.74, 6) is 0. The first kappa shape index (κ1) is 19.3. The Hall–Kier alpha value is -0.687. The number of halogens is 2. The Morgan fingerprint density at radius 1 is 1.15 bits per heavy atom. The van der Waals surface area contributed by atoms with E-state index in [0.717, 1.165) is 5.56 Å². The topological polar surface area (TPSA) is 12.4 Å². The predicted molar refractivity (Wildman–Crippen MR) is 85.0 cm³/mol. The first-order chi connectivity index (χ1) is 9.25. The van der Waals surface area contributed by atoms with E-state index in [1.807, 2.05) is 53.9 Å². The first-order valence-corrected chi connectivity index (χ1v) is 8.26. The molecule has 0 aromatic heterocycles. The maximum atomic E-state index is 5.79. The number of rotatable bonds is 3. The van der Waals surface area contributed by atoms with Crippen LogP contribution in [-0.4, -0.2) is 6.21 Å². The van der Waals surface area contributed by atoms with Crippen LogP contribution in [0.1, 0.15) is 24.1 Å². The van der Waals surface area contributed by atoms with Crippen LogP contribution in [0.5, 0.6) is 0 Å². The van der Waals surface area contributed by atoms with Crippen LogP contribution in [0.3, 0.4) is 0 Å². The first-order valence-electron chi connectivity index (χ1n) is 5.64. The SMILES string of the molecule is CC(N=Cc1[c-]cc(Cl)cc1)c1ccccc1.[CH3-].[Cl][Ru+2]. The average molecular weight is 394 g/mol. The third-order valence-corrected chi connectivity index (χ3v) is 2.75. The molecule has 2 aromatic carbocycles. The van der Waals surface area contributed by atoms with Crippen molar-refractivity contribution in [1.29, 1.82) is 0 Å². The number of benzene rings is 2. The molecule has 0 aliphatic carbocycles. The van der Waals surface area contributed by atoms with Crippen molar-refractivity contribution in [2.45, 2.75) is 13.0 Å². The number of hydrogen-bond donors (Lipinski definition) is 0. The quantitative estimate of drug-likeness (QED) is 0.373. The Balaban J connectivity index is 0.00000115. The number of aliphatic imine (C=N–C) groups is 1. The summed E-state index contributed by atoms with van der Waals surface area (Å²) in [7, 11) is 4.57. The van der Waals surface area contributed by atoms with Crippen LogP contribution >= 0.6 is 21.3 Å². The minimum absolute atomic E-state index is 0. The van der Waals surface area contributed by atoms with E-state index < -0.39 is 0 Å². The maximum absolute atomic E-state index is 5.79. The zero-order valence-electron chi connectivity index (χ0n) is 11.3. The monoisotopic (exact) mass is 394 g/mol. The second-order valence-electron chi connectivity index (χ2n) is 3.83. The third kappa shape index (κ3) is 6.65. The Morgan fingerprint density at radius 2 is 1.80 bits per heavy atom. The minimum atomic E-state index is 0. The van der Waals surface area contributed by atoms with Crippen molar-refractivity contribution in [2.75, 3.05) is 0 Å². The molecule has 0 aliphatic rings. The molecule has 1 unspecified atom stereocenters. The fraction of sp³-hybridized carbons (Fsp3) is 0.125. The Morgan fingerprint density at radius 3 is 2.35 bits per heavy atom. The van der Waals surface area contributed by atoms with Crippen molar-refractivity contribution in [2.24, 2.45) is 4.99 Å². The van der Waals surface area contributed by atoms with Crippen LogP contribution in [0.4, 0.5) is 0 Å². The van der Waals surface area contributed by atoms with Crippen molar-refractivity contribution in [3.05, 3.63) is 78.2 Å². The van der Waals surface area contributed by atoms with E-state index >= 15 is 0 Å². The van der Waals surface area contributed by atoms with Crippen LogP contribution in [0.15, 0.2) is 53.5 Å². The summed E-state index contributed by atoms with van der Waals surface area (Å²) in [6.45, 7) is 2.07. The van der Waals surface area contributed by atoms with Crippen molar-refractivity contribution in [3.63, 3.8) is 0 Å². The van der Waals surface area contributed by atoms with Gasteiger partial charge in [0.25, 0.3) is 0 Å². The summed E-state index contributed by atoms with van der Waals surface area (Å²) in [6.07, 6.45) is 1.83. The molecular weight excluding hydrogens is 378 g/mol. The Kier molecular flexibility index (Phi) is 10.6. The van der Waals surface area contributed by atoms with Gasteiger partial charge in [0, 0.05) is 0 Å². The van der Waals surface area contributed by atoms with Gasteiger partial charge < -0.3 is 12.4 Å². The van der Waals surface area contributed by atoms with Crippen molar-refractivity contribution >= 4 is 27.5 Å². The molecule has 1 nitrogen and oxygen atoms in total. The Bertz CT molecular complexity index is 498. The Labute approximate surface area is 140 Å². The van der Waals surface area contributed by atoms with Gasteiger partial charge in [0.1, 0.15) is 0 Å². The molecule has 4 heteroatoms. The van der Waals surface area contributed by atoms with Gasteiger partial charge in [-0.15, -0.1) is 41.4 Å². The molecule has 0 fully saturated rings. The van der Waals surface area contributed by atoms with E-state index in [2.05, 4.69) is 39.8 Å². The van der Waals surface area contributed by atoms with Gasteiger partial charge in [0.2, 0.25) is 0 Å². The molecule has 20 heavy (non-hydrogen) atoms. The molecular formula is C16H16Cl2NRu. The molecule has 2 rings (SSSR count). The van der Waals surface area contributed by atoms with Gasteiger partial charge in [0.05, 0.1) is 6.04 Å². The average Bonchev–Trinajstić information content (AvgIpc) is 2.49. The van der Waals surface area contributed by atoms with E-state index in [-0.39, 0.29) is 13.5 Å². The summed E-state index contributed by atoms with van der Waals surface area (Å²) < 4.78 is 0. The van der Waals surface area contributed by atoms with Crippen LogP contribution < -0.4 is 0 Å². The molecule has 0 spiro atoms. The van der Waals surface area contributed by atoms with Gasteiger partial charge in [-0.2, -0.15) is 0 Å². The third-order valence-electron chi connectivity index (χ3n) is 2.52. The predicted octanol–water partition coefficient (Wildman–Crippen LogP) is 5.46. The van der Waals surface area contributed by atoms with E-state index in [9.17, 15) is 0 Å². The van der Waals surface area contributed by atoms with Gasteiger partial charge >= 0.3 is 27.0 Å². The number of nitrogens with zero attached hydrogens (tertiary/aromatic N) is 1. The molecule has 0 radical (unpaired) electrons. The fourth-order valence-corrected chi connectivity index (χ4v) is 1.63. The van der Waals surface area contributed by atoms with Gasteiger partial charge in [-0.25, -0.2) is 0 Å². The summed E-state index contributed by atoms with van der Waals surface area (Å²) >= 11 is 7.62. The van der Waals surface area contributed by atoms with Crippen molar-refractivity contribution in [3.8, 4) is 0 Å².